The van der Waals surface area contributed by atoms with Gasteiger partial charge in [-0.05, 0) is 45.4 Å². The maximum Gasteiger partial charge on any atom is 0.235 e. The Morgan fingerprint density at radius 3 is 2.43 bits per heavy atom. The Morgan fingerprint density at radius 1 is 1.26 bits per heavy atom. The largest absolute Gasteiger partial charge is 0.352 e. The average molecular weight is 322 g/mol. The van der Waals surface area contributed by atoms with Gasteiger partial charge in [0.1, 0.15) is 0 Å². The second-order valence-corrected chi connectivity index (χ2v) is 8.84. The van der Waals surface area contributed by atoms with Gasteiger partial charge in [-0.25, -0.2) is 0 Å². The minimum Gasteiger partial charge on any atom is -0.352 e. The van der Waals surface area contributed by atoms with Gasteiger partial charge in [-0.15, -0.1) is 0 Å². The van der Waals surface area contributed by atoms with Crippen molar-refractivity contribution >= 4 is 17.7 Å². The Bertz CT molecular complexity index is 533. The van der Waals surface area contributed by atoms with Crippen molar-refractivity contribution < 1.29 is 14.4 Å². The molecule has 1 saturated heterocycles. The number of piperidine rings is 1. The molecule has 0 aromatic carbocycles. The van der Waals surface area contributed by atoms with Crippen molar-refractivity contribution in [2.45, 2.75) is 72.8 Å². The van der Waals surface area contributed by atoms with Crippen LogP contribution in [-0.2, 0) is 14.4 Å². The van der Waals surface area contributed by atoms with Gasteiger partial charge in [0.25, 0.3) is 0 Å². The zero-order valence-electron chi connectivity index (χ0n) is 15.3. The molecule has 1 heterocycles. The molecule has 1 saturated carbocycles. The number of rotatable bonds is 4. The van der Waals surface area contributed by atoms with Crippen LogP contribution >= 0.6 is 0 Å². The van der Waals surface area contributed by atoms with Crippen molar-refractivity contribution in [2.24, 2.45) is 16.7 Å². The number of nitrogens with one attached hydrogen (secondary N) is 1. The number of amides is 3. The molecule has 3 amide bonds. The standard InChI is InChI=1S/C18H30N2O3/c1-16(2,3)19-13(21)8-7-11-20-14(22)12-9-10-18(6,15(20)23)17(12,4)5/h12H,7-11H2,1-6H3,(H,19,21). The summed E-state index contributed by atoms with van der Waals surface area (Å²) in [5.41, 5.74) is -0.995. The van der Waals surface area contributed by atoms with Gasteiger partial charge in [-0.2, -0.15) is 0 Å². The molecule has 0 aromatic heterocycles. The van der Waals surface area contributed by atoms with Gasteiger partial charge in [0.2, 0.25) is 17.7 Å². The second kappa shape index (κ2) is 5.60. The van der Waals surface area contributed by atoms with Gasteiger partial charge in [-0.1, -0.05) is 20.8 Å². The Kier molecular flexibility index (Phi) is 4.37. The first-order chi connectivity index (χ1) is 10.4. The van der Waals surface area contributed by atoms with Crippen LogP contribution in [0.4, 0.5) is 0 Å². The molecule has 0 aromatic rings. The summed E-state index contributed by atoms with van der Waals surface area (Å²) in [6.45, 7) is 12.2. The molecular weight excluding hydrogens is 292 g/mol. The highest BCUT2D eigenvalue weighted by molar-refractivity contribution is 6.03. The lowest BCUT2D eigenvalue weighted by atomic mass is 9.62. The lowest BCUT2D eigenvalue weighted by molar-refractivity contribution is -0.168. The smallest absolute Gasteiger partial charge is 0.235 e. The van der Waals surface area contributed by atoms with E-state index in [1.54, 1.807) is 0 Å². The zero-order valence-corrected chi connectivity index (χ0v) is 15.3. The van der Waals surface area contributed by atoms with Crippen LogP contribution in [0.25, 0.3) is 0 Å². The van der Waals surface area contributed by atoms with Crippen molar-refractivity contribution in [3.63, 3.8) is 0 Å². The van der Waals surface area contributed by atoms with Crippen LogP contribution in [0.5, 0.6) is 0 Å². The average Bonchev–Trinajstić information content (AvgIpc) is 2.57. The van der Waals surface area contributed by atoms with E-state index >= 15 is 0 Å². The molecule has 0 radical (unpaired) electrons. The van der Waals surface area contributed by atoms with Gasteiger partial charge in [-0.3, -0.25) is 19.3 Å². The van der Waals surface area contributed by atoms with Crippen LogP contribution in [0.2, 0.25) is 0 Å². The highest BCUT2D eigenvalue weighted by Gasteiger charge is 2.64. The van der Waals surface area contributed by atoms with E-state index < -0.39 is 5.41 Å². The quantitative estimate of drug-likeness (QED) is 0.809. The van der Waals surface area contributed by atoms with Crippen LogP contribution in [0.1, 0.15) is 67.2 Å². The van der Waals surface area contributed by atoms with Gasteiger partial charge < -0.3 is 5.32 Å². The number of fused-ring (bicyclic) bond motifs is 2. The van der Waals surface area contributed by atoms with Gasteiger partial charge >= 0.3 is 0 Å². The van der Waals surface area contributed by atoms with E-state index in [-0.39, 0.29) is 34.6 Å². The molecule has 2 rings (SSSR count). The Hall–Kier alpha value is -1.39. The van der Waals surface area contributed by atoms with Crippen molar-refractivity contribution in [3.8, 4) is 0 Å². The number of carbonyl (C=O) groups is 3. The highest BCUT2D eigenvalue weighted by Crippen LogP contribution is 2.59. The lowest BCUT2D eigenvalue weighted by Gasteiger charge is -2.47. The van der Waals surface area contributed by atoms with Crippen molar-refractivity contribution in [1.82, 2.24) is 10.2 Å². The summed E-state index contributed by atoms with van der Waals surface area (Å²) in [6, 6.07) is 0. The van der Waals surface area contributed by atoms with Crippen molar-refractivity contribution in [3.05, 3.63) is 0 Å². The van der Waals surface area contributed by atoms with E-state index in [1.807, 2.05) is 41.5 Å². The summed E-state index contributed by atoms with van der Waals surface area (Å²) >= 11 is 0. The monoisotopic (exact) mass is 322 g/mol. The van der Waals surface area contributed by atoms with Crippen LogP contribution in [0.15, 0.2) is 0 Å². The Balaban J connectivity index is 1.98. The molecule has 2 atom stereocenters. The molecule has 2 fully saturated rings. The van der Waals surface area contributed by atoms with E-state index in [0.29, 0.717) is 19.4 Å². The summed E-state index contributed by atoms with van der Waals surface area (Å²) in [5.74, 6) is -0.221. The fraction of sp³-hybridized carbons (Fsp3) is 0.833. The SMILES string of the molecule is CC(C)(C)NC(=O)CCCN1C(=O)C2CCC(C)(C1=O)C2(C)C. The third-order valence-electron chi connectivity index (χ3n) is 5.81. The van der Waals surface area contributed by atoms with E-state index in [0.717, 1.165) is 12.8 Å². The molecular formula is C18H30N2O3. The molecule has 5 nitrogen and oxygen atoms in total. The van der Waals surface area contributed by atoms with Gasteiger partial charge in [0, 0.05) is 24.4 Å². The second-order valence-electron chi connectivity index (χ2n) is 8.84. The molecule has 2 unspecified atom stereocenters. The first-order valence-electron chi connectivity index (χ1n) is 8.57. The number of nitrogens with zero attached hydrogens (tertiary/aromatic N) is 1. The number of carbonyl (C=O) groups excluding carboxylic acids is 3. The Labute approximate surface area is 139 Å². The summed E-state index contributed by atoms with van der Waals surface area (Å²) in [5, 5.41) is 2.90. The molecule has 5 heteroatoms. The van der Waals surface area contributed by atoms with E-state index in [1.165, 1.54) is 4.90 Å². The molecule has 1 N–H and O–H groups in total. The fourth-order valence-corrected chi connectivity index (χ4v) is 3.99. The van der Waals surface area contributed by atoms with Crippen LogP contribution in [0.3, 0.4) is 0 Å². The molecule has 0 spiro atoms. The Morgan fingerprint density at radius 2 is 1.87 bits per heavy atom. The van der Waals surface area contributed by atoms with Crippen LogP contribution in [0, 0.1) is 16.7 Å². The van der Waals surface area contributed by atoms with E-state index in [2.05, 4.69) is 5.32 Å². The predicted molar refractivity (Wildman–Crippen MR) is 88.5 cm³/mol. The number of likely N-dealkylation sites (tertiary alicyclic amines) is 1. The summed E-state index contributed by atoms with van der Waals surface area (Å²) < 4.78 is 0. The molecule has 1 aliphatic carbocycles. The van der Waals surface area contributed by atoms with Crippen molar-refractivity contribution in [1.29, 1.82) is 0 Å². The maximum atomic E-state index is 12.8. The fourth-order valence-electron chi connectivity index (χ4n) is 3.99. The number of hydrogen-bond donors (Lipinski definition) is 1. The number of hydrogen-bond acceptors (Lipinski definition) is 3. The predicted octanol–water partition coefficient (Wildman–Crippen LogP) is 2.49. The third kappa shape index (κ3) is 3.02. The molecule has 2 bridgehead atoms. The number of imide groups is 1. The first kappa shape index (κ1) is 18.0. The van der Waals surface area contributed by atoms with Crippen molar-refractivity contribution in [2.75, 3.05) is 6.54 Å². The molecule has 130 valence electrons. The molecule has 1 aliphatic heterocycles. The highest BCUT2D eigenvalue weighted by atomic mass is 16.2. The summed E-state index contributed by atoms with van der Waals surface area (Å²) in [4.78, 5) is 38.8. The molecule has 2 aliphatic rings. The summed E-state index contributed by atoms with van der Waals surface area (Å²) in [6.07, 6.45) is 2.41. The minimum atomic E-state index is -0.459. The van der Waals surface area contributed by atoms with E-state index in [4.69, 9.17) is 0 Å². The third-order valence-corrected chi connectivity index (χ3v) is 5.81. The van der Waals surface area contributed by atoms with E-state index in [9.17, 15) is 14.4 Å². The van der Waals surface area contributed by atoms with Crippen LogP contribution < -0.4 is 5.32 Å². The molecule has 23 heavy (non-hydrogen) atoms. The first-order valence-corrected chi connectivity index (χ1v) is 8.57. The normalized spacial score (nSPS) is 29.8. The van der Waals surface area contributed by atoms with Crippen LogP contribution in [-0.4, -0.2) is 34.7 Å². The maximum absolute atomic E-state index is 12.8. The topological polar surface area (TPSA) is 66.5 Å². The summed E-state index contributed by atoms with van der Waals surface area (Å²) in [7, 11) is 0. The lowest BCUT2D eigenvalue weighted by Crippen LogP contribution is -2.59. The zero-order chi connectivity index (χ0) is 17.6. The van der Waals surface area contributed by atoms with Gasteiger partial charge in [0.05, 0.1) is 5.41 Å². The van der Waals surface area contributed by atoms with Gasteiger partial charge in [0.15, 0.2) is 0 Å². The minimum absolute atomic E-state index is 0.0380.